The monoisotopic (exact) mass is 201 g/mol. The van der Waals surface area contributed by atoms with Gasteiger partial charge in [0, 0.05) is 0 Å². The molecule has 5 heteroatoms. The van der Waals surface area contributed by atoms with Crippen molar-refractivity contribution in [1.82, 2.24) is 0 Å². The Morgan fingerprint density at radius 2 is 1.67 bits per heavy atom. The maximum absolute atomic E-state index is 9.00. The Bertz CT molecular complexity index is 42.1. The van der Waals surface area contributed by atoms with Crippen LogP contribution < -0.4 is 0 Å². The van der Waals surface area contributed by atoms with Gasteiger partial charge in [-0.2, -0.15) is 0 Å². The van der Waals surface area contributed by atoms with E-state index in [1.165, 1.54) is 0 Å². The Morgan fingerprint density at radius 1 is 1.67 bits per heavy atom. The van der Waals surface area contributed by atoms with E-state index in [0.29, 0.717) is 0 Å². The van der Waals surface area contributed by atoms with E-state index in [1.807, 2.05) is 0 Å². The van der Waals surface area contributed by atoms with Crippen LogP contribution in [0.2, 0.25) is 0 Å². The first-order valence-electron chi connectivity index (χ1n) is 0.966. The molecule has 0 bridgehead atoms. The van der Waals surface area contributed by atoms with Crippen LogP contribution in [-0.2, 0) is 21.8 Å². The number of carbonyl (C=O) groups is 1. The van der Waals surface area contributed by atoms with Crippen LogP contribution in [0.25, 0.3) is 0 Å². The third kappa shape index (κ3) is 260. The molecular formula is CH2AsO3Zn. The molecule has 6 heavy (non-hydrogen) atoms. The van der Waals surface area contributed by atoms with Crippen LogP contribution in [0.15, 0.2) is 0 Å². The van der Waals surface area contributed by atoms with Crippen molar-refractivity contribution >= 4 is 21.6 Å². The van der Waals surface area contributed by atoms with Crippen molar-refractivity contribution in [2.75, 3.05) is 0 Å². The van der Waals surface area contributed by atoms with Gasteiger partial charge in [0.25, 0.3) is 0 Å². The number of hydrogen-bond donors (Lipinski definition) is 1. The minimum atomic E-state index is -0.833. The van der Waals surface area contributed by atoms with Gasteiger partial charge in [0.15, 0.2) is 0 Å². The van der Waals surface area contributed by atoms with Crippen molar-refractivity contribution in [2.45, 2.75) is 0 Å². The molecule has 0 spiro atoms. The van der Waals surface area contributed by atoms with E-state index in [2.05, 4.69) is 0 Å². The Hall–Kier alpha value is 0.452. The van der Waals surface area contributed by atoms with Crippen LogP contribution in [0, 0.1) is 0 Å². The predicted octanol–water partition coefficient (Wildman–Crippen LogP) is -0.556. The molecule has 31 valence electrons. The van der Waals surface area contributed by atoms with Crippen LogP contribution in [0.5, 0.6) is 0 Å². The molecule has 0 atom stereocenters. The van der Waals surface area contributed by atoms with Gasteiger partial charge in [-0.15, -0.1) is 0 Å². The summed E-state index contributed by atoms with van der Waals surface area (Å²) in [5, 5.41) is 7.42. The van der Waals surface area contributed by atoms with E-state index in [-0.39, 0.29) is 18.3 Å². The molecule has 0 fully saturated rings. The van der Waals surface area contributed by atoms with E-state index in [0.717, 1.165) is 16.9 Å². The van der Waals surface area contributed by atoms with Gasteiger partial charge in [0.2, 0.25) is 0 Å². The Morgan fingerprint density at radius 3 is 1.67 bits per heavy atom. The summed E-state index contributed by atoms with van der Waals surface area (Å²) in [6.07, 6.45) is 0. The molecule has 1 N–H and O–H groups in total. The number of hydrogen-bond acceptors (Lipinski definition) is 2. The van der Waals surface area contributed by atoms with Gasteiger partial charge in [-0.05, 0) is 0 Å². The summed E-state index contributed by atoms with van der Waals surface area (Å²) in [5.74, 6) is 0. The van der Waals surface area contributed by atoms with Gasteiger partial charge < -0.3 is 0 Å². The van der Waals surface area contributed by atoms with E-state index >= 15 is 0 Å². The summed E-state index contributed by atoms with van der Waals surface area (Å²) in [6, 6.07) is 0. The second-order valence-electron chi connectivity index (χ2n) is 0.305. The molecular weight excluding hydrogens is 200 g/mol. The zero-order valence-corrected chi connectivity index (χ0v) is 8.04. The van der Waals surface area contributed by atoms with Crippen molar-refractivity contribution in [1.29, 1.82) is 0 Å². The first-order chi connectivity index (χ1) is 2.73. The molecule has 0 aliphatic carbocycles. The molecule has 1 radical (unpaired) electrons. The normalized spacial score (nSPS) is 5.17. The second kappa shape index (κ2) is 9.07. The van der Waals surface area contributed by atoms with Gasteiger partial charge in [0.05, 0.1) is 0 Å². The summed E-state index contributed by atoms with van der Waals surface area (Å²) in [4.78, 5) is 9.00. The molecule has 0 amide bonds. The van der Waals surface area contributed by atoms with Crippen LogP contribution in [0.4, 0.5) is 4.79 Å². The summed E-state index contributed by atoms with van der Waals surface area (Å²) in [5.41, 5.74) is 0. The fourth-order valence-electron chi connectivity index (χ4n) is 0. The predicted molar refractivity (Wildman–Crippen MR) is 15.9 cm³/mol. The molecule has 0 unspecified atom stereocenters. The van der Waals surface area contributed by atoms with E-state index in [4.69, 9.17) is 13.5 Å². The molecule has 0 saturated heterocycles. The number of carboxylic acid groups (broad SMARTS) is 1. The Labute approximate surface area is 53.6 Å². The third-order valence-electron chi connectivity index (χ3n) is 0. The zero-order valence-electron chi connectivity index (χ0n) is 2.97. The maximum atomic E-state index is 9.00. The average molecular weight is 202 g/mol. The molecule has 0 aromatic heterocycles. The molecule has 0 aliphatic heterocycles. The first kappa shape index (κ1) is 9.68. The second-order valence-corrected chi connectivity index (χ2v) is 1.20. The first-order valence-corrected chi connectivity index (χ1v) is 3.23. The van der Waals surface area contributed by atoms with Crippen LogP contribution >= 0.6 is 0 Å². The average Bonchev–Trinajstić information content (AvgIpc) is 1.41. The zero-order chi connectivity index (χ0) is 5.58. The van der Waals surface area contributed by atoms with Gasteiger partial charge in [-0.3, -0.25) is 0 Å². The summed E-state index contributed by atoms with van der Waals surface area (Å²) >= 11 is 1.21. The van der Waals surface area contributed by atoms with Gasteiger partial charge in [-0.1, -0.05) is 0 Å². The van der Waals surface area contributed by atoms with E-state index in [9.17, 15) is 0 Å². The Kier molecular flexibility index (Phi) is 14.6. The molecule has 0 aromatic rings. The topological polar surface area (TPSA) is 54.4 Å². The van der Waals surface area contributed by atoms with Crippen molar-refractivity contribution < 1.29 is 31.7 Å². The standard InChI is InChI=1S/CH2AsO2.O.Zn/c2-1(3)4;;/h2H,(H,3,4);;. The molecule has 0 rings (SSSR count). The summed E-state index contributed by atoms with van der Waals surface area (Å²) in [7, 11) is 0. The van der Waals surface area contributed by atoms with Crippen molar-refractivity contribution in [3.8, 4) is 0 Å². The van der Waals surface area contributed by atoms with E-state index in [1.54, 1.807) is 0 Å². The fraction of sp³-hybridized carbons (Fsp3) is 0. The molecule has 0 heterocycles. The van der Waals surface area contributed by atoms with Crippen LogP contribution in [0.3, 0.4) is 0 Å². The van der Waals surface area contributed by atoms with Gasteiger partial charge >= 0.3 is 53.3 Å². The molecule has 0 aromatic carbocycles. The van der Waals surface area contributed by atoms with Crippen LogP contribution in [0.1, 0.15) is 0 Å². The van der Waals surface area contributed by atoms with Gasteiger partial charge in [0.1, 0.15) is 0 Å². The number of rotatable bonds is 0. The van der Waals surface area contributed by atoms with Gasteiger partial charge in [-0.25, -0.2) is 0 Å². The summed E-state index contributed by atoms with van der Waals surface area (Å²) < 4.78 is 7.54. The van der Waals surface area contributed by atoms with Crippen molar-refractivity contribution in [3.63, 3.8) is 0 Å². The van der Waals surface area contributed by atoms with Crippen molar-refractivity contribution in [3.05, 3.63) is 0 Å². The molecule has 3 nitrogen and oxygen atoms in total. The SMILES string of the molecule is O=C(O)[AsH].[O]=[Zn]. The fourth-order valence-corrected chi connectivity index (χ4v) is 0. The quantitative estimate of drug-likeness (QED) is 0.536. The van der Waals surface area contributed by atoms with E-state index < -0.39 is 4.76 Å². The minimum absolute atomic E-state index is 0.125. The third-order valence-corrected chi connectivity index (χ3v) is 0. The summed E-state index contributed by atoms with van der Waals surface area (Å²) in [6.45, 7) is 0. The van der Waals surface area contributed by atoms with Crippen LogP contribution in [-0.4, -0.2) is 26.7 Å². The molecule has 0 saturated carbocycles. The Balaban J connectivity index is 0. The molecule has 0 aliphatic rings. The van der Waals surface area contributed by atoms with Crippen molar-refractivity contribution in [2.24, 2.45) is 0 Å².